The fraction of sp³-hybridized carbons (Fsp3) is 0.633. The van der Waals surface area contributed by atoms with Crippen molar-refractivity contribution < 1.29 is 0 Å². The molecule has 1 aliphatic carbocycles. The Balaban J connectivity index is 1.28. The highest BCUT2D eigenvalue weighted by molar-refractivity contribution is 6.16. The summed E-state index contributed by atoms with van der Waals surface area (Å²) in [5.74, 6) is 1.97. The van der Waals surface area contributed by atoms with Gasteiger partial charge in [0, 0.05) is 19.1 Å². The Hall–Kier alpha value is -2.41. The molecule has 2 aliphatic heterocycles. The van der Waals surface area contributed by atoms with E-state index in [1.54, 1.807) is 0 Å². The van der Waals surface area contributed by atoms with Gasteiger partial charge < -0.3 is 15.1 Å². The average Bonchev–Trinajstić information content (AvgIpc) is 2.76. The van der Waals surface area contributed by atoms with E-state index < -0.39 is 0 Å². The Morgan fingerprint density at radius 3 is 2.54 bits per heavy atom. The van der Waals surface area contributed by atoms with Crippen LogP contribution in [0.5, 0.6) is 0 Å². The lowest BCUT2D eigenvalue weighted by Crippen LogP contribution is -2.59. The van der Waals surface area contributed by atoms with E-state index in [2.05, 4.69) is 79.6 Å². The van der Waals surface area contributed by atoms with Crippen LogP contribution in [0.1, 0.15) is 74.9 Å². The zero-order valence-corrected chi connectivity index (χ0v) is 23.6. The molecular weight excluding hydrogens is 455 g/mol. The number of aromatic nitrogens is 2. The van der Waals surface area contributed by atoms with Crippen molar-refractivity contribution in [2.24, 2.45) is 16.3 Å². The predicted molar refractivity (Wildman–Crippen MR) is 156 cm³/mol. The summed E-state index contributed by atoms with van der Waals surface area (Å²) in [6.07, 6.45) is 4.90. The highest BCUT2D eigenvalue weighted by Gasteiger charge is 2.48. The van der Waals surface area contributed by atoms with E-state index in [1.807, 2.05) is 6.92 Å². The van der Waals surface area contributed by atoms with Gasteiger partial charge in [0.2, 0.25) is 5.95 Å². The first-order chi connectivity index (χ1) is 17.5. The van der Waals surface area contributed by atoms with Crippen LogP contribution in [-0.2, 0) is 0 Å². The zero-order valence-electron chi connectivity index (χ0n) is 23.6. The van der Waals surface area contributed by atoms with Crippen LogP contribution in [0.4, 0.5) is 17.5 Å². The van der Waals surface area contributed by atoms with Crippen molar-refractivity contribution in [2.75, 3.05) is 36.4 Å². The number of likely N-dealkylation sites (tertiary alicyclic amines) is 1. The van der Waals surface area contributed by atoms with E-state index >= 15 is 0 Å². The van der Waals surface area contributed by atoms with E-state index in [-0.39, 0.29) is 11.4 Å². The van der Waals surface area contributed by atoms with Crippen molar-refractivity contribution in [2.45, 2.75) is 84.6 Å². The van der Waals surface area contributed by atoms with Gasteiger partial charge in [-0.3, -0.25) is 4.99 Å². The topological polar surface area (TPSA) is 56.7 Å². The summed E-state index contributed by atoms with van der Waals surface area (Å²) in [5, 5.41) is 3.48. The van der Waals surface area contributed by atoms with Gasteiger partial charge in [0.15, 0.2) is 5.82 Å². The van der Waals surface area contributed by atoms with Gasteiger partial charge in [-0.25, -0.2) is 4.98 Å². The monoisotopic (exact) mass is 498 g/mol. The number of nitrogens with one attached hydrogen (secondary N) is 1. The number of nitrogens with zero attached hydrogens (tertiary/aromatic N) is 5. The molecule has 1 aromatic carbocycles. The predicted octanol–water partition coefficient (Wildman–Crippen LogP) is 5.95. The fourth-order valence-electron chi connectivity index (χ4n) is 6.85. The van der Waals surface area contributed by atoms with Crippen LogP contribution in [0.25, 0.3) is 0 Å². The van der Waals surface area contributed by atoms with Gasteiger partial charge in [0.25, 0.3) is 0 Å². The maximum Gasteiger partial charge on any atom is 0.227 e. The van der Waals surface area contributed by atoms with Crippen molar-refractivity contribution in [1.82, 2.24) is 14.9 Å². The maximum absolute atomic E-state index is 7.09. The van der Waals surface area contributed by atoms with Crippen molar-refractivity contribution in [3.05, 3.63) is 40.6 Å². The van der Waals surface area contributed by atoms with Crippen LogP contribution >= 0.6 is 0 Å². The molecule has 0 bridgehead atoms. The minimum absolute atomic E-state index is 0.0874. The summed E-state index contributed by atoms with van der Waals surface area (Å²) in [6.45, 7) is 21.0. The summed E-state index contributed by atoms with van der Waals surface area (Å²) in [4.78, 5) is 19.0. The first-order valence-corrected chi connectivity index (χ1v) is 13.9. The zero-order chi connectivity index (χ0) is 26.5. The van der Waals surface area contributed by atoms with Gasteiger partial charge >= 0.3 is 0 Å². The summed E-state index contributed by atoms with van der Waals surface area (Å²) in [5.41, 5.74) is 5.85. The number of aliphatic imine (C=N–C) groups is 1. The number of hydrogen-bond donors (Lipinski definition) is 1. The Labute approximate surface area is 224 Å². The number of benzene rings is 1. The first kappa shape index (κ1) is 26.2. The summed E-state index contributed by atoms with van der Waals surface area (Å²) in [7, 11) is 7.09. The van der Waals surface area contributed by atoms with Crippen LogP contribution in [0.15, 0.2) is 23.2 Å². The Bertz CT molecular complexity index is 1160. The van der Waals surface area contributed by atoms with Crippen molar-refractivity contribution in [1.29, 1.82) is 0 Å². The molecular formula is C30H43BN6. The molecule has 0 unspecified atom stereocenters. The number of hydrogen-bond acceptors (Lipinski definition) is 6. The molecule has 3 aliphatic rings. The lowest BCUT2D eigenvalue weighted by Gasteiger charge is -2.57. The molecule has 6 nitrogen and oxygen atoms in total. The summed E-state index contributed by atoms with van der Waals surface area (Å²) >= 11 is 0. The van der Waals surface area contributed by atoms with Crippen molar-refractivity contribution >= 4 is 32.0 Å². The Kier molecular flexibility index (Phi) is 6.89. The standard InChI is InChI=1S/C30H43BN6/c1-19-9-10-25(20(2)13-19)21(3)33-27-26(32-7)22(4)34-28(35-27)37-16-23(17-37)30(31)11-8-12-36(18-30)24-14-29(5,6)15-24/h9-10,13,21,23-24H,7-8,11-12,14-18H2,1-6H3,(H,33,34,35)/t21-,30-/m1/s1. The molecule has 1 saturated carbocycles. The molecule has 1 aromatic heterocycles. The van der Waals surface area contributed by atoms with E-state index in [1.165, 1.54) is 42.5 Å². The first-order valence-electron chi connectivity index (χ1n) is 13.9. The lowest BCUT2D eigenvalue weighted by atomic mass is 9.54. The van der Waals surface area contributed by atoms with Gasteiger partial charge in [0.1, 0.15) is 5.69 Å². The third-order valence-corrected chi connectivity index (χ3v) is 9.10. The molecule has 3 heterocycles. The molecule has 2 radical (unpaired) electrons. The van der Waals surface area contributed by atoms with E-state index in [0.29, 0.717) is 17.4 Å². The second kappa shape index (κ2) is 9.72. The SMILES string of the molecule is [B][C@]1(C2CN(c3nc(C)c(N=C)c(N[C@H](C)c4ccc(C)cc4C)n3)C2)CCCN(C2CC(C)(C)C2)C1. The third-order valence-electron chi connectivity index (χ3n) is 9.10. The highest BCUT2D eigenvalue weighted by Crippen LogP contribution is 2.50. The Morgan fingerprint density at radius 1 is 1.16 bits per heavy atom. The molecule has 2 atom stereocenters. The molecule has 0 amide bonds. The van der Waals surface area contributed by atoms with Crippen LogP contribution in [-0.4, -0.2) is 61.7 Å². The van der Waals surface area contributed by atoms with Crippen molar-refractivity contribution in [3.63, 3.8) is 0 Å². The number of piperidine rings is 1. The number of rotatable bonds is 7. The van der Waals surface area contributed by atoms with Gasteiger partial charge in [-0.15, -0.1) is 0 Å². The minimum atomic E-state index is -0.120. The van der Waals surface area contributed by atoms with Crippen molar-refractivity contribution in [3.8, 4) is 0 Å². The second-order valence-corrected chi connectivity index (χ2v) is 12.8. The fourth-order valence-corrected chi connectivity index (χ4v) is 6.85. The molecule has 3 fully saturated rings. The molecule has 1 N–H and O–H groups in total. The largest absolute Gasteiger partial charge is 0.362 e. The molecule has 2 aromatic rings. The molecule has 2 saturated heterocycles. The van der Waals surface area contributed by atoms with E-state index in [4.69, 9.17) is 17.8 Å². The van der Waals surface area contributed by atoms with Crippen LogP contribution < -0.4 is 10.2 Å². The lowest BCUT2D eigenvalue weighted by molar-refractivity contribution is -0.00474. The minimum Gasteiger partial charge on any atom is -0.362 e. The highest BCUT2D eigenvalue weighted by atomic mass is 15.3. The smallest absolute Gasteiger partial charge is 0.227 e. The summed E-state index contributed by atoms with van der Waals surface area (Å²) in [6, 6.07) is 7.37. The van der Waals surface area contributed by atoms with Gasteiger partial charge in [-0.05, 0) is 94.5 Å². The Morgan fingerprint density at radius 2 is 1.89 bits per heavy atom. The molecule has 5 rings (SSSR count). The van der Waals surface area contributed by atoms with Crippen LogP contribution in [0.3, 0.4) is 0 Å². The van der Waals surface area contributed by atoms with Gasteiger partial charge in [0.05, 0.1) is 19.6 Å². The van der Waals surface area contributed by atoms with Gasteiger partial charge in [-0.1, -0.05) is 44.0 Å². The van der Waals surface area contributed by atoms with Crippen LogP contribution in [0, 0.1) is 32.1 Å². The van der Waals surface area contributed by atoms with Gasteiger partial charge in [-0.2, -0.15) is 4.98 Å². The second-order valence-electron chi connectivity index (χ2n) is 12.8. The number of aryl methyl sites for hydroxylation is 3. The summed E-state index contributed by atoms with van der Waals surface area (Å²) < 4.78 is 0. The average molecular weight is 499 g/mol. The van der Waals surface area contributed by atoms with E-state index in [0.717, 1.165) is 49.2 Å². The molecule has 7 heteroatoms. The maximum atomic E-state index is 7.09. The van der Waals surface area contributed by atoms with E-state index in [9.17, 15) is 0 Å². The third kappa shape index (κ3) is 5.16. The quantitative estimate of drug-likeness (QED) is 0.377. The molecule has 37 heavy (non-hydrogen) atoms. The normalized spacial score (nSPS) is 25.3. The molecule has 196 valence electrons. The number of anilines is 2. The van der Waals surface area contributed by atoms with Crippen LogP contribution in [0.2, 0.25) is 5.31 Å². The molecule has 0 spiro atoms.